The number of nitrogens with one attached hydrogen (secondary N) is 1. The largest absolute Gasteiger partial charge is 0.352 e. The Kier molecular flexibility index (Phi) is 4.60. The molecule has 1 saturated heterocycles. The van der Waals surface area contributed by atoms with Gasteiger partial charge in [-0.05, 0) is 25.1 Å². The van der Waals surface area contributed by atoms with Gasteiger partial charge in [-0.25, -0.2) is 4.39 Å². The maximum Gasteiger partial charge on any atom is 0.227 e. The van der Waals surface area contributed by atoms with E-state index in [1.807, 2.05) is 31.2 Å². The molecule has 24 heavy (non-hydrogen) atoms. The molecule has 5 heteroatoms. The summed E-state index contributed by atoms with van der Waals surface area (Å²) < 4.78 is 13.6. The number of hydrogen-bond acceptors (Lipinski definition) is 2. The quantitative estimate of drug-likeness (QED) is 0.939. The van der Waals surface area contributed by atoms with Gasteiger partial charge in [-0.3, -0.25) is 9.59 Å². The smallest absolute Gasteiger partial charge is 0.227 e. The van der Waals surface area contributed by atoms with E-state index in [-0.39, 0.29) is 30.6 Å². The third kappa shape index (κ3) is 3.45. The van der Waals surface area contributed by atoms with Crippen LogP contribution in [0, 0.1) is 18.7 Å². The Bertz CT molecular complexity index is 758. The first-order valence-electron chi connectivity index (χ1n) is 7.93. The van der Waals surface area contributed by atoms with Crippen molar-refractivity contribution in [1.29, 1.82) is 0 Å². The summed E-state index contributed by atoms with van der Waals surface area (Å²) in [5, 5.41) is 2.73. The Morgan fingerprint density at radius 2 is 1.92 bits per heavy atom. The van der Waals surface area contributed by atoms with Crippen LogP contribution in [0.15, 0.2) is 48.5 Å². The van der Waals surface area contributed by atoms with Crippen molar-refractivity contribution in [3.63, 3.8) is 0 Å². The molecule has 1 atom stereocenters. The average Bonchev–Trinajstić information content (AvgIpc) is 2.96. The van der Waals surface area contributed by atoms with Crippen LogP contribution < -0.4 is 10.2 Å². The van der Waals surface area contributed by atoms with Crippen LogP contribution in [-0.2, 0) is 16.1 Å². The SMILES string of the molecule is Cc1ccc(N2CC(C(=O)NCc3ccccc3F)CC2=O)cc1. The van der Waals surface area contributed by atoms with Crippen molar-refractivity contribution in [3.05, 3.63) is 65.5 Å². The predicted octanol–water partition coefficient (Wildman–Crippen LogP) is 2.80. The molecule has 0 saturated carbocycles. The standard InChI is InChI=1S/C19H19FN2O2/c1-13-6-8-16(9-7-13)22-12-15(10-18(22)23)19(24)21-11-14-4-2-3-5-17(14)20/h2-9,15H,10-12H2,1H3,(H,21,24). The van der Waals surface area contributed by atoms with Crippen LogP contribution in [0.3, 0.4) is 0 Å². The van der Waals surface area contributed by atoms with Gasteiger partial charge in [-0.15, -0.1) is 0 Å². The van der Waals surface area contributed by atoms with Crippen LogP contribution in [0.5, 0.6) is 0 Å². The molecule has 0 bridgehead atoms. The lowest BCUT2D eigenvalue weighted by molar-refractivity contribution is -0.126. The highest BCUT2D eigenvalue weighted by molar-refractivity contribution is 6.00. The fourth-order valence-electron chi connectivity index (χ4n) is 2.83. The summed E-state index contributed by atoms with van der Waals surface area (Å²) >= 11 is 0. The second-order valence-electron chi connectivity index (χ2n) is 6.05. The van der Waals surface area contributed by atoms with Crippen LogP contribution in [0.2, 0.25) is 0 Å². The van der Waals surface area contributed by atoms with E-state index < -0.39 is 5.92 Å². The van der Waals surface area contributed by atoms with E-state index in [2.05, 4.69) is 5.32 Å². The summed E-state index contributed by atoms with van der Waals surface area (Å²) in [7, 11) is 0. The van der Waals surface area contributed by atoms with Gasteiger partial charge in [0.25, 0.3) is 0 Å². The Labute approximate surface area is 140 Å². The zero-order valence-electron chi connectivity index (χ0n) is 13.5. The van der Waals surface area contributed by atoms with Crippen molar-refractivity contribution in [3.8, 4) is 0 Å². The van der Waals surface area contributed by atoms with Gasteiger partial charge in [0.15, 0.2) is 0 Å². The van der Waals surface area contributed by atoms with Crippen LogP contribution in [0.25, 0.3) is 0 Å². The van der Waals surface area contributed by atoms with Gasteiger partial charge in [0, 0.05) is 30.8 Å². The molecule has 124 valence electrons. The summed E-state index contributed by atoms with van der Waals surface area (Å²) in [5.74, 6) is -1.04. The zero-order valence-corrected chi connectivity index (χ0v) is 13.5. The van der Waals surface area contributed by atoms with E-state index in [0.717, 1.165) is 11.3 Å². The first kappa shape index (κ1) is 16.2. The second-order valence-corrected chi connectivity index (χ2v) is 6.05. The molecule has 1 heterocycles. The first-order valence-corrected chi connectivity index (χ1v) is 7.93. The molecule has 0 aromatic heterocycles. The van der Waals surface area contributed by atoms with Crippen molar-refractivity contribution in [2.45, 2.75) is 19.9 Å². The minimum atomic E-state index is -0.412. The molecule has 3 rings (SSSR count). The molecule has 2 aromatic carbocycles. The van der Waals surface area contributed by atoms with Crippen LogP contribution in [0.4, 0.5) is 10.1 Å². The number of nitrogens with zero attached hydrogens (tertiary/aromatic N) is 1. The number of amides is 2. The van der Waals surface area contributed by atoms with Gasteiger partial charge >= 0.3 is 0 Å². The molecule has 2 amide bonds. The maximum absolute atomic E-state index is 13.6. The van der Waals surface area contributed by atoms with E-state index in [9.17, 15) is 14.0 Å². The lowest BCUT2D eigenvalue weighted by atomic mass is 10.1. The Morgan fingerprint density at radius 3 is 2.62 bits per heavy atom. The Balaban J connectivity index is 1.62. The third-order valence-electron chi connectivity index (χ3n) is 4.25. The van der Waals surface area contributed by atoms with E-state index in [1.165, 1.54) is 6.07 Å². The number of carbonyl (C=O) groups excluding carboxylic acids is 2. The fraction of sp³-hybridized carbons (Fsp3) is 0.263. The third-order valence-corrected chi connectivity index (χ3v) is 4.25. The predicted molar refractivity (Wildman–Crippen MR) is 89.9 cm³/mol. The first-order chi connectivity index (χ1) is 11.5. The monoisotopic (exact) mass is 326 g/mol. The number of halogens is 1. The highest BCUT2D eigenvalue weighted by Crippen LogP contribution is 2.25. The van der Waals surface area contributed by atoms with Gasteiger partial charge in [-0.1, -0.05) is 35.9 Å². The molecule has 1 unspecified atom stereocenters. The minimum Gasteiger partial charge on any atom is -0.352 e. The molecule has 1 aliphatic heterocycles. The van der Waals surface area contributed by atoms with Gasteiger partial charge in [0.2, 0.25) is 11.8 Å². The topological polar surface area (TPSA) is 49.4 Å². The van der Waals surface area contributed by atoms with Gasteiger partial charge in [-0.2, -0.15) is 0 Å². The molecular weight excluding hydrogens is 307 g/mol. The molecule has 1 fully saturated rings. The van der Waals surface area contributed by atoms with Gasteiger partial charge in [0.1, 0.15) is 5.82 Å². The van der Waals surface area contributed by atoms with E-state index in [1.54, 1.807) is 23.1 Å². The van der Waals surface area contributed by atoms with Crippen molar-refractivity contribution in [1.82, 2.24) is 5.32 Å². The van der Waals surface area contributed by atoms with Gasteiger partial charge < -0.3 is 10.2 Å². The molecular formula is C19H19FN2O2. The molecule has 0 aliphatic carbocycles. The minimum absolute atomic E-state index is 0.0649. The lowest BCUT2D eigenvalue weighted by Gasteiger charge is -2.17. The van der Waals surface area contributed by atoms with Crippen LogP contribution >= 0.6 is 0 Å². The molecule has 4 nitrogen and oxygen atoms in total. The fourth-order valence-corrected chi connectivity index (χ4v) is 2.83. The van der Waals surface area contributed by atoms with Crippen LogP contribution in [-0.4, -0.2) is 18.4 Å². The highest BCUT2D eigenvalue weighted by atomic mass is 19.1. The van der Waals surface area contributed by atoms with Gasteiger partial charge in [0.05, 0.1) is 5.92 Å². The summed E-state index contributed by atoms with van der Waals surface area (Å²) in [6.07, 6.45) is 0.178. The van der Waals surface area contributed by atoms with Crippen LogP contribution in [0.1, 0.15) is 17.5 Å². The molecule has 0 spiro atoms. The second kappa shape index (κ2) is 6.83. The summed E-state index contributed by atoms with van der Waals surface area (Å²) in [6.45, 7) is 2.46. The number of hydrogen-bond donors (Lipinski definition) is 1. The van der Waals surface area contributed by atoms with Crippen molar-refractivity contribution in [2.75, 3.05) is 11.4 Å². The molecule has 0 radical (unpaired) electrons. The van der Waals surface area contributed by atoms with E-state index in [4.69, 9.17) is 0 Å². The zero-order chi connectivity index (χ0) is 17.1. The summed E-state index contributed by atoms with van der Waals surface area (Å²) in [6, 6.07) is 14.0. The number of rotatable bonds is 4. The summed E-state index contributed by atoms with van der Waals surface area (Å²) in [5.41, 5.74) is 2.35. The molecule has 1 aliphatic rings. The molecule has 1 N–H and O–H groups in total. The van der Waals surface area contributed by atoms with Crippen molar-refractivity contribution < 1.29 is 14.0 Å². The average molecular weight is 326 g/mol. The Hall–Kier alpha value is -2.69. The lowest BCUT2D eigenvalue weighted by Crippen LogP contribution is -2.32. The maximum atomic E-state index is 13.6. The molecule has 2 aromatic rings. The number of benzene rings is 2. The number of carbonyl (C=O) groups is 2. The van der Waals surface area contributed by atoms with E-state index >= 15 is 0 Å². The number of aryl methyl sites for hydroxylation is 1. The van der Waals surface area contributed by atoms with Crippen molar-refractivity contribution in [2.24, 2.45) is 5.92 Å². The Morgan fingerprint density at radius 1 is 1.21 bits per heavy atom. The normalized spacial score (nSPS) is 17.2. The highest BCUT2D eigenvalue weighted by Gasteiger charge is 2.34. The number of anilines is 1. The summed E-state index contributed by atoms with van der Waals surface area (Å²) in [4.78, 5) is 26.1. The van der Waals surface area contributed by atoms with Crippen molar-refractivity contribution >= 4 is 17.5 Å². The van der Waals surface area contributed by atoms with E-state index in [0.29, 0.717) is 12.1 Å².